The van der Waals surface area contributed by atoms with Crippen molar-refractivity contribution < 1.29 is 18.7 Å². The number of amidine groups is 1. The standard InChI is InChI=1S/C28H20BrClN4O4S2/c29-19-5-10-24(38-17-26(35)32-21-8-6-20(30)7-9-21)18(13-19)14-25-27(36)34(16-22-3-1-11-37-22)28(40-25)33-31-15-23-4-2-12-39-23/h1-15H,16-17H2,(H,32,35)/b25-14-,31-15-,33-28+. The number of amides is 2. The number of nitrogens with zero attached hydrogens (tertiary/aromatic N) is 3. The molecule has 1 N–H and O–H groups in total. The summed E-state index contributed by atoms with van der Waals surface area (Å²) in [6, 6.07) is 19.5. The van der Waals surface area contributed by atoms with Gasteiger partial charge in [-0.15, -0.1) is 16.4 Å². The van der Waals surface area contributed by atoms with Crippen LogP contribution in [0.1, 0.15) is 16.2 Å². The molecule has 1 aliphatic heterocycles. The number of benzene rings is 2. The van der Waals surface area contributed by atoms with Gasteiger partial charge in [-0.3, -0.25) is 14.5 Å². The minimum absolute atomic E-state index is 0.205. The third-order valence-corrected chi connectivity index (χ3v) is 7.95. The predicted molar refractivity (Wildman–Crippen MR) is 164 cm³/mol. The fraction of sp³-hybridized carbons (Fsp3) is 0.0714. The summed E-state index contributed by atoms with van der Waals surface area (Å²) in [5.41, 5.74) is 1.22. The molecular formula is C28H20BrClN4O4S2. The Morgan fingerprint density at radius 2 is 2.00 bits per heavy atom. The molecule has 1 fully saturated rings. The number of thioether (sulfide) groups is 1. The smallest absolute Gasteiger partial charge is 0.267 e. The summed E-state index contributed by atoms with van der Waals surface area (Å²) in [7, 11) is 0. The Bertz CT molecular complexity index is 1590. The van der Waals surface area contributed by atoms with E-state index < -0.39 is 0 Å². The molecule has 1 aliphatic rings. The molecule has 1 saturated heterocycles. The lowest BCUT2D eigenvalue weighted by atomic mass is 10.2. The molecule has 0 bridgehead atoms. The number of hydrogen-bond acceptors (Lipinski definition) is 8. The van der Waals surface area contributed by atoms with Crippen LogP contribution in [0.5, 0.6) is 5.75 Å². The molecule has 0 radical (unpaired) electrons. The second-order valence-corrected chi connectivity index (χ2v) is 11.6. The highest BCUT2D eigenvalue weighted by atomic mass is 79.9. The molecule has 4 aromatic rings. The van der Waals surface area contributed by atoms with Crippen molar-refractivity contribution in [2.24, 2.45) is 10.2 Å². The maximum atomic E-state index is 13.5. The zero-order chi connectivity index (χ0) is 27.9. The summed E-state index contributed by atoms with van der Waals surface area (Å²) >= 11 is 12.1. The van der Waals surface area contributed by atoms with Gasteiger partial charge < -0.3 is 14.5 Å². The van der Waals surface area contributed by atoms with E-state index in [1.165, 1.54) is 28.0 Å². The minimum Gasteiger partial charge on any atom is -0.483 e. The first-order valence-electron chi connectivity index (χ1n) is 11.8. The van der Waals surface area contributed by atoms with Crippen LogP contribution in [0.25, 0.3) is 6.08 Å². The first kappa shape index (κ1) is 27.9. The largest absolute Gasteiger partial charge is 0.483 e. The van der Waals surface area contributed by atoms with Crippen LogP contribution in [0.2, 0.25) is 5.02 Å². The number of hydrogen-bond donors (Lipinski definition) is 1. The Morgan fingerprint density at radius 3 is 2.75 bits per heavy atom. The second kappa shape index (κ2) is 13.1. The van der Waals surface area contributed by atoms with Crippen molar-refractivity contribution in [2.75, 3.05) is 11.9 Å². The monoisotopic (exact) mass is 654 g/mol. The first-order valence-corrected chi connectivity index (χ1v) is 14.7. The number of halogens is 2. The van der Waals surface area contributed by atoms with Gasteiger partial charge in [0.25, 0.3) is 11.8 Å². The zero-order valence-corrected chi connectivity index (χ0v) is 24.6. The van der Waals surface area contributed by atoms with Crippen LogP contribution in [0.15, 0.2) is 102 Å². The summed E-state index contributed by atoms with van der Waals surface area (Å²) in [6.07, 6.45) is 4.91. The maximum Gasteiger partial charge on any atom is 0.267 e. The summed E-state index contributed by atoms with van der Waals surface area (Å²) in [4.78, 5) is 28.8. The van der Waals surface area contributed by atoms with Crippen molar-refractivity contribution in [2.45, 2.75) is 6.54 Å². The number of carbonyl (C=O) groups excluding carboxylic acids is 2. The van der Waals surface area contributed by atoms with Crippen LogP contribution >= 0.6 is 50.6 Å². The highest BCUT2D eigenvalue weighted by molar-refractivity contribution is 9.10. The number of rotatable bonds is 9. The van der Waals surface area contributed by atoms with Gasteiger partial charge in [0, 0.05) is 25.6 Å². The molecule has 12 heteroatoms. The van der Waals surface area contributed by atoms with Crippen LogP contribution in [-0.4, -0.2) is 34.7 Å². The molecule has 0 spiro atoms. The number of nitrogens with one attached hydrogen (secondary N) is 1. The van der Waals surface area contributed by atoms with Gasteiger partial charge in [-0.05, 0) is 83.9 Å². The van der Waals surface area contributed by atoms with Crippen LogP contribution < -0.4 is 10.1 Å². The molecule has 0 aliphatic carbocycles. The molecule has 0 saturated carbocycles. The van der Waals surface area contributed by atoms with E-state index in [-0.39, 0.29) is 25.0 Å². The molecule has 8 nitrogen and oxygen atoms in total. The van der Waals surface area contributed by atoms with Crippen molar-refractivity contribution in [3.8, 4) is 5.75 Å². The Labute approximate surface area is 251 Å². The van der Waals surface area contributed by atoms with E-state index in [0.29, 0.717) is 37.9 Å². The topological polar surface area (TPSA) is 96.5 Å². The molecule has 3 heterocycles. The van der Waals surface area contributed by atoms with E-state index in [4.69, 9.17) is 20.8 Å². The van der Waals surface area contributed by atoms with Crippen molar-refractivity contribution >= 4 is 85.6 Å². The Kier molecular flexibility index (Phi) is 9.17. The van der Waals surface area contributed by atoms with E-state index in [0.717, 1.165) is 9.35 Å². The second-order valence-electron chi connectivity index (χ2n) is 8.25. The number of thiophene rings is 1. The van der Waals surface area contributed by atoms with Gasteiger partial charge in [0.2, 0.25) is 0 Å². The normalized spacial score (nSPS) is 15.4. The first-order chi connectivity index (χ1) is 19.4. The Morgan fingerprint density at radius 1 is 1.15 bits per heavy atom. The third-order valence-electron chi connectivity index (χ3n) is 5.40. The number of anilines is 1. The van der Waals surface area contributed by atoms with Gasteiger partial charge in [0.1, 0.15) is 11.5 Å². The van der Waals surface area contributed by atoms with E-state index in [9.17, 15) is 9.59 Å². The fourth-order valence-electron chi connectivity index (χ4n) is 3.56. The maximum absolute atomic E-state index is 13.5. The average Bonchev–Trinajstić information content (AvgIpc) is 3.70. The van der Waals surface area contributed by atoms with E-state index >= 15 is 0 Å². The fourth-order valence-corrected chi connectivity index (χ4v) is 5.57. The van der Waals surface area contributed by atoms with Gasteiger partial charge in [0.15, 0.2) is 11.8 Å². The van der Waals surface area contributed by atoms with E-state index in [1.54, 1.807) is 67.1 Å². The molecule has 202 valence electrons. The number of carbonyl (C=O) groups is 2. The lowest BCUT2D eigenvalue weighted by molar-refractivity contribution is -0.122. The van der Waals surface area contributed by atoms with Crippen LogP contribution in [-0.2, 0) is 16.1 Å². The average molecular weight is 656 g/mol. The molecule has 2 aromatic carbocycles. The van der Waals surface area contributed by atoms with Crippen molar-refractivity contribution in [1.29, 1.82) is 0 Å². The van der Waals surface area contributed by atoms with Gasteiger partial charge in [-0.2, -0.15) is 5.10 Å². The summed E-state index contributed by atoms with van der Waals surface area (Å²) in [6.45, 7) is -0.0213. The molecule has 2 amide bonds. The zero-order valence-electron chi connectivity index (χ0n) is 20.6. The summed E-state index contributed by atoms with van der Waals surface area (Å²) in [5.74, 6) is 0.466. The molecule has 0 atom stereocenters. The number of furan rings is 1. The van der Waals surface area contributed by atoms with E-state index in [2.05, 4.69) is 31.4 Å². The molecule has 0 unspecified atom stereocenters. The van der Waals surface area contributed by atoms with Gasteiger partial charge in [0.05, 0.1) is 23.9 Å². The van der Waals surface area contributed by atoms with E-state index in [1.807, 2.05) is 23.6 Å². The molecule has 2 aromatic heterocycles. The SMILES string of the molecule is O=C(COc1ccc(Br)cc1/C=C1\S/C(=N/N=C\c2cccs2)N(Cc2ccco2)C1=O)Nc1ccc(Cl)cc1. The molecule has 5 rings (SSSR count). The molecular weight excluding hydrogens is 636 g/mol. The van der Waals surface area contributed by atoms with Crippen LogP contribution in [0.4, 0.5) is 5.69 Å². The Balaban J connectivity index is 1.35. The molecule has 40 heavy (non-hydrogen) atoms. The van der Waals surface area contributed by atoms with Crippen molar-refractivity contribution in [3.05, 3.63) is 109 Å². The minimum atomic E-state index is -0.335. The highest BCUT2D eigenvalue weighted by Crippen LogP contribution is 2.36. The van der Waals surface area contributed by atoms with Crippen LogP contribution in [0, 0.1) is 0 Å². The van der Waals surface area contributed by atoms with Gasteiger partial charge >= 0.3 is 0 Å². The quantitative estimate of drug-likeness (QED) is 0.116. The van der Waals surface area contributed by atoms with Crippen molar-refractivity contribution in [3.63, 3.8) is 0 Å². The summed E-state index contributed by atoms with van der Waals surface area (Å²) in [5, 5.41) is 14.2. The predicted octanol–water partition coefficient (Wildman–Crippen LogP) is 7.28. The number of ether oxygens (including phenoxy) is 1. The highest BCUT2D eigenvalue weighted by Gasteiger charge is 2.34. The van der Waals surface area contributed by atoms with Crippen LogP contribution in [0.3, 0.4) is 0 Å². The summed E-state index contributed by atoms with van der Waals surface area (Å²) < 4.78 is 12.1. The van der Waals surface area contributed by atoms with Gasteiger partial charge in [-0.25, -0.2) is 0 Å². The lowest BCUT2D eigenvalue weighted by Crippen LogP contribution is -2.28. The van der Waals surface area contributed by atoms with Crippen molar-refractivity contribution in [1.82, 2.24) is 4.90 Å². The third kappa shape index (κ3) is 7.30. The Hall–Kier alpha value is -3.64. The van der Waals surface area contributed by atoms with Gasteiger partial charge in [-0.1, -0.05) is 33.6 Å². The lowest BCUT2D eigenvalue weighted by Gasteiger charge is -2.13.